The summed E-state index contributed by atoms with van der Waals surface area (Å²) in [6, 6.07) is 12.2. The lowest BCUT2D eigenvalue weighted by molar-refractivity contribution is -0.126. The number of halogens is 1. The van der Waals surface area contributed by atoms with Crippen LogP contribution >= 0.6 is 0 Å². The minimum atomic E-state index is -0.466. The van der Waals surface area contributed by atoms with E-state index in [-0.39, 0.29) is 17.9 Å². The van der Waals surface area contributed by atoms with Crippen molar-refractivity contribution in [2.24, 2.45) is 5.92 Å². The van der Waals surface area contributed by atoms with Crippen molar-refractivity contribution in [3.05, 3.63) is 53.8 Å². The van der Waals surface area contributed by atoms with Gasteiger partial charge in [-0.2, -0.15) is 0 Å². The third kappa shape index (κ3) is 4.29. The maximum absolute atomic E-state index is 14.8. The second-order valence-corrected chi connectivity index (χ2v) is 7.61. The summed E-state index contributed by atoms with van der Waals surface area (Å²) in [5.41, 5.74) is 2.61. The lowest BCUT2D eigenvalue weighted by Crippen LogP contribution is -2.50. The van der Waals surface area contributed by atoms with E-state index in [4.69, 9.17) is 4.74 Å². The molecule has 7 nitrogen and oxygen atoms in total. The number of ether oxygens (including phenoxy) is 1. The van der Waals surface area contributed by atoms with E-state index in [0.717, 1.165) is 24.2 Å². The minimum Gasteiger partial charge on any atom is -0.443 e. The molecule has 2 saturated heterocycles. The molecular weight excluding hydrogens is 387 g/mol. The van der Waals surface area contributed by atoms with E-state index >= 15 is 0 Å². The molecule has 0 bridgehead atoms. The largest absolute Gasteiger partial charge is 0.443 e. The van der Waals surface area contributed by atoms with Crippen LogP contribution in [0.15, 0.2) is 42.5 Å². The molecule has 2 heterocycles. The fraction of sp³-hybridized carbons (Fsp3) is 0.364. The molecule has 0 aromatic heterocycles. The maximum atomic E-state index is 14.8. The molecule has 0 aliphatic carbocycles. The van der Waals surface area contributed by atoms with Crippen LogP contribution in [-0.2, 0) is 16.1 Å². The number of likely N-dealkylation sites (N-methyl/N-ethyl adjacent to an activating group) is 1. The van der Waals surface area contributed by atoms with Crippen molar-refractivity contribution in [3.8, 4) is 11.1 Å². The number of anilines is 1. The molecule has 4 rings (SSSR count). The number of nitrogens with one attached hydrogen (secondary N) is 3. The molecule has 2 amide bonds. The van der Waals surface area contributed by atoms with E-state index < -0.39 is 11.9 Å². The topological polar surface area (TPSA) is 82.7 Å². The Balaban J connectivity index is 1.41. The average Bonchev–Trinajstić information content (AvgIpc) is 3.06. The Kier molecular flexibility index (Phi) is 5.96. The quantitative estimate of drug-likeness (QED) is 0.647. The molecule has 2 aromatic rings. The van der Waals surface area contributed by atoms with Crippen LogP contribution in [0.1, 0.15) is 5.56 Å². The van der Waals surface area contributed by atoms with Crippen LogP contribution in [0.5, 0.6) is 0 Å². The molecule has 30 heavy (non-hydrogen) atoms. The molecular formula is C22H25FN4O3. The monoisotopic (exact) mass is 412 g/mol. The van der Waals surface area contributed by atoms with Gasteiger partial charge in [-0.05, 0) is 36.4 Å². The molecule has 0 saturated carbocycles. The van der Waals surface area contributed by atoms with Crippen LogP contribution in [0.2, 0.25) is 0 Å². The highest BCUT2D eigenvalue weighted by Crippen LogP contribution is 2.29. The molecule has 0 radical (unpaired) electrons. The van der Waals surface area contributed by atoms with Crippen LogP contribution < -0.4 is 20.9 Å². The summed E-state index contributed by atoms with van der Waals surface area (Å²) < 4.78 is 20.1. The smallest absolute Gasteiger partial charge is 0.414 e. The van der Waals surface area contributed by atoms with Crippen LogP contribution in [-0.4, -0.2) is 51.3 Å². The van der Waals surface area contributed by atoms with Gasteiger partial charge in [-0.15, -0.1) is 0 Å². The van der Waals surface area contributed by atoms with E-state index in [2.05, 4.69) is 16.0 Å². The van der Waals surface area contributed by atoms with E-state index in [1.54, 1.807) is 19.2 Å². The Bertz CT molecular complexity index is 930. The van der Waals surface area contributed by atoms with E-state index in [9.17, 15) is 14.0 Å². The number of hydrogen-bond acceptors (Lipinski definition) is 5. The van der Waals surface area contributed by atoms with Gasteiger partial charge in [0, 0.05) is 31.7 Å². The van der Waals surface area contributed by atoms with Crippen molar-refractivity contribution in [2.75, 3.05) is 38.1 Å². The van der Waals surface area contributed by atoms with Crippen LogP contribution in [0, 0.1) is 11.7 Å². The Morgan fingerprint density at radius 1 is 1.23 bits per heavy atom. The lowest BCUT2D eigenvalue weighted by atomic mass is 10.0. The molecule has 2 aliphatic rings. The maximum Gasteiger partial charge on any atom is 0.414 e. The van der Waals surface area contributed by atoms with Crippen molar-refractivity contribution in [1.29, 1.82) is 0 Å². The fourth-order valence-electron chi connectivity index (χ4n) is 3.58. The van der Waals surface area contributed by atoms with Crippen molar-refractivity contribution >= 4 is 17.7 Å². The molecule has 2 fully saturated rings. The highest BCUT2D eigenvalue weighted by Gasteiger charge is 2.32. The van der Waals surface area contributed by atoms with Crippen molar-refractivity contribution < 1.29 is 18.7 Å². The van der Waals surface area contributed by atoms with Gasteiger partial charge in [0.05, 0.1) is 18.2 Å². The fourth-order valence-corrected chi connectivity index (χ4v) is 3.58. The van der Waals surface area contributed by atoms with Gasteiger partial charge in [-0.1, -0.05) is 24.3 Å². The van der Waals surface area contributed by atoms with Gasteiger partial charge in [0.25, 0.3) is 0 Å². The lowest BCUT2D eigenvalue weighted by Gasteiger charge is -2.25. The van der Waals surface area contributed by atoms with Gasteiger partial charge in [-0.3, -0.25) is 9.69 Å². The Morgan fingerprint density at radius 2 is 2.00 bits per heavy atom. The van der Waals surface area contributed by atoms with Gasteiger partial charge < -0.3 is 20.7 Å². The first-order valence-electron chi connectivity index (χ1n) is 10.0. The van der Waals surface area contributed by atoms with Crippen molar-refractivity contribution in [3.63, 3.8) is 0 Å². The third-order valence-electron chi connectivity index (χ3n) is 5.45. The number of carbonyl (C=O) groups is 2. The van der Waals surface area contributed by atoms with Gasteiger partial charge >= 0.3 is 6.09 Å². The number of cyclic esters (lactones) is 1. The second-order valence-electron chi connectivity index (χ2n) is 7.61. The molecule has 8 heteroatoms. The van der Waals surface area contributed by atoms with Crippen molar-refractivity contribution in [2.45, 2.75) is 12.6 Å². The number of rotatable bonds is 7. The number of carbonyl (C=O) groups excluding carboxylic acids is 2. The normalized spacial score (nSPS) is 18.8. The van der Waals surface area contributed by atoms with E-state index in [1.165, 1.54) is 11.0 Å². The summed E-state index contributed by atoms with van der Waals surface area (Å²) in [7, 11) is 1.79. The summed E-state index contributed by atoms with van der Waals surface area (Å²) in [5, 5.41) is 8.97. The SMILES string of the molecule is CNCC1CN(c2ccc(-c3ccc(CNC(=O)C4CNC4)cc3)c(F)c2)C(=O)O1. The van der Waals surface area contributed by atoms with Crippen molar-refractivity contribution in [1.82, 2.24) is 16.0 Å². The third-order valence-corrected chi connectivity index (χ3v) is 5.45. The summed E-state index contributed by atoms with van der Waals surface area (Å²) in [5.74, 6) is -0.300. The Labute approximate surface area is 174 Å². The summed E-state index contributed by atoms with van der Waals surface area (Å²) in [4.78, 5) is 25.4. The molecule has 3 N–H and O–H groups in total. The zero-order valence-electron chi connectivity index (χ0n) is 16.8. The summed E-state index contributed by atoms with van der Waals surface area (Å²) in [6.07, 6.45) is -0.717. The number of amides is 2. The average molecular weight is 412 g/mol. The number of benzene rings is 2. The molecule has 1 unspecified atom stereocenters. The van der Waals surface area contributed by atoms with Crippen LogP contribution in [0.25, 0.3) is 11.1 Å². The van der Waals surface area contributed by atoms with Crippen LogP contribution in [0.3, 0.4) is 0 Å². The predicted molar refractivity (Wildman–Crippen MR) is 112 cm³/mol. The first-order chi connectivity index (χ1) is 14.5. The predicted octanol–water partition coefficient (Wildman–Crippen LogP) is 1.87. The minimum absolute atomic E-state index is 0.0526. The molecule has 1 atom stereocenters. The van der Waals surface area contributed by atoms with E-state index in [1.807, 2.05) is 24.3 Å². The number of hydrogen-bond donors (Lipinski definition) is 3. The number of nitrogens with zero attached hydrogens (tertiary/aromatic N) is 1. The van der Waals surface area contributed by atoms with E-state index in [0.29, 0.717) is 30.9 Å². The van der Waals surface area contributed by atoms with Gasteiger partial charge in [0.1, 0.15) is 11.9 Å². The van der Waals surface area contributed by atoms with Gasteiger partial charge in [-0.25, -0.2) is 9.18 Å². The first kappa shape index (κ1) is 20.3. The van der Waals surface area contributed by atoms with Gasteiger partial charge in [0.15, 0.2) is 0 Å². The second kappa shape index (κ2) is 8.81. The highest BCUT2D eigenvalue weighted by molar-refractivity contribution is 5.90. The standard InChI is InChI=1S/C22H25FN4O3/c1-24-12-18-13-27(22(29)30-18)17-6-7-19(20(23)8-17)15-4-2-14(3-5-15)9-26-21(28)16-10-25-11-16/h2-8,16,18,24-25H,9-13H2,1H3,(H,26,28). The summed E-state index contributed by atoms with van der Waals surface area (Å²) >= 11 is 0. The zero-order chi connectivity index (χ0) is 21.1. The molecule has 2 aromatic carbocycles. The van der Waals surface area contributed by atoms with Gasteiger partial charge in [0.2, 0.25) is 5.91 Å². The molecule has 2 aliphatic heterocycles. The Hall–Kier alpha value is -2.97. The first-order valence-corrected chi connectivity index (χ1v) is 10.0. The van der Waals surface area contributed by atoms with Crippen LogP contribution in [0.4, 0.5) is 14.9 Å². The highest BCUT2D eigenvalue weighted by atomic mass is 19.1. The summed E-state index contributed by atoms with van der Waals surface area (Å²) in [6.45, 7) is 2.83. The Morgan fingerprint density at radius 3 is 2.63 bits per heavy atom. The molecule has 0 spiro atoms. The zero-order valence-corrected chi connectivity index (χ0v) is 16.8. The molecule has 158 valence electrons.